The Labute approximate surface area is 128 Å². The summed E-state index contributed by atoms with van der Waals surface area (Å²) in [5, 5.41) is 10.7. The molecule has 0 bridgehead atoms. The van der Waals surface area contributed by atoms with Gasteiger partial charge in [0.05, 0.1) is 17.6 Å². The average molecular weight is 299 g/mol. The van der Waals surface area contributed by atoms with Gasteiger partial charge < -0.3 is 9.47 Å². The van der Waals surface area contributed by atoms with Crippen LogP contribution in [0.4, 0.5) is 5.69 Å². The van der Waals surface area contributed by atoms with E-state index in [1.54, 1.807) is 12.1 Å². The highest BCUT2D eigenvalue weighted by Crippen LogP contribution is 2.38. The van der Waals surface area contributed by atoms with Gasteiger partial charge in [-0.3, -0.25) is 10.1 Å². The van der Waals surface area contributed by atoms with Crippen molar-refractivity contribution in [2.75, 3.05) is 6.61 Å². The van der Waals surface area contributed by atoms with E-state index in [-0.39, 0.29) is 17.7 Å². The standard InChI is InChI=1S/C17H17NO4/c1-12-11-21-17(14-7-9-15(10-8-14)18(19)20)22-16(12)13-5-3-2-4-6-13/h2-10,12,16-17H,11H2,1H3/t12-,16-,17-/m1/s1. The number of rotatable bonds is 3. The Bertz CT molecular complexity index is 641. The zero-order valence-corrected chi connectivity index (χ0v) is 12.2. The van der Waals surface area contributed by atoms with Crippen LogP contribution in [-0.4, -0.2) is 11.5 Å². The largest absolute Gasteiger partial charge is 0.348 e. The van der Waals surface area contributed by atoms with E-state index in [0.717, 1.165) is 11.1 Å². The molecule has 114 valence electrons. The van der Waals surface area contributed by atoms with Crippen LogP contribution in [0, 0.1) is 16.0 Å². The molecule has 1 aliphatic rings. The SMILES string of the molecule is C[C@@H]1CO[C@@H](c2ccc([N+](=O)[O-])cc2)O[C@H]1c1ccccc1. The highest BCUT2D eigenvalue weighted by Gasteiger charge is 2.31. The zero-order chi connectivity index (χ0) is 15.5. The smallest absolute Gasteiger partial charge is 0.269 e. The molecule has 0 aromatic heterocycles. The molecule has 1 fully saturated rings. The first kappa shape index (κ1) is 14.7. The summed E-state index contributed by atoms with van der Waals surface area (Å²) < 4.78 is 11.8. The number of nitro groups is 1. The predicted molar refractivity (Wildman–Crippen MR) is 81.2 cm³/mol. The van der Waals surface area contributed by atoms with Gasteiger partial charge in [-0.05, 0) is 17.7 Å². The lowest BCUT2D eigenvalue weighted by molar-refractivity contribution is -0.384. The summed E-state index contributed by atoms with van der Waals surface area (Å²) in [7, 11) is 0. The Kier molecular flexibility index (Phi) is 4.18. The van der Waals surface area contributed by atoms with Crippen LogP contribution in [0.15, 0.2) is 54.6 Å². The maximum Gasteiger partial charge on any atom is 0.269 e. The van der Waals surface area contributed by atoms with Crippen LogP contribution in [0.5, 0.6) is 0 Å². The molecule has 0 unspecified atom stereocenters. The lowest BCUT2D eigenvalue weighted by Gasteiger charge is -2.35. The molecule has 1 aliphatic heterocycles. The van der Waals surface area contributed by atoms with E-state index in [0.29, 0.717) is 6.61 Å². The maximum absolute atomic E-state index is 10.7. The molecule has 0 radical (unpaired) electrons. The summed E-state index contributed by atoms with van der Waals surface area (Å²) in [6, 6.07) is 16.3. The van der Waals surface area contributed by atoms with Crippen LogP contribution in [0.25, 0.3) is 0 Å². The highest BCUT2D eigenvalue weighted by molar-refractivity contribution is 5.33. The molecule has 2 aromatic rings. The Morgan fingerprint density at radius 2 is 1.73 bits per heavy atom. The van der Waals surface area contributed by atoms with Gasteiger partial charge in [0.2, 0.25) is 0 Å². The van der Waals surface area contributed by atoms with Crippen LogP contribution in [0.2, 0.25) is 0 Å². The molecule has 22 heavy (non-hydrogen) atoms. The van der Waals surface area contributed by atoms with Crippen LogP contribution in [0.1, 0.15) is 30.4 Å². The van der Waals surface area contributed by atoms with Gasteiger partial charge in [-0.2, -0.15) is 0 Å². The number of benzene rings is 2. The number of ether oxygens (including phenoxy) is 2. The molecular weight excluding hydrogens is 282 g/mol. The summed E-state index contributed by atoms with van der Waals surface area (Å²) in [6.45, 7) is 2.67. The topological polar surface area (TPSA) is 61.6 Å². The van der Waals surface area contributed by atoms with Crippen molar-refractivity contribution < 1.29 is 14.4 Å². The molecular formula is C17H17NO4. The van der Waals surface area contributed by atoms with Gasteiger partial charge in [-0.1, -0.05) is 37.3 Å². The van der Waals surface area contributed by atoms with Crippen molar-refractivity contribution >= 4 is 5.69 Å². The fourth-order valence-corrected chi connectivity index (χ4v) is 2.61. The van der Waals surface area contributed by atoms with Gasteiger partial charge in [-0.25, -0.2) is 0 Å². The average Bonchev–Trinajstić information content (AvgIpc) is 2.56. The van der Waals surface area contributed by atoms with Crippen LogP contribution in [0.3, 0.4) is 0 Å². The lowest BCUT2D eigenvalue weighted by atomic mass is 9.96. The van der Waals surface area contributed by atoms with Gasteiger partial charge in [0.15, 0.2) is 6.29 Å². The fraction of sp³-hybridized carbons (Fsp3) is 0.294. The molecule has 0 N–H and O–H groups in total. The third-order valence-electron chi connectivity index (χ3n) is 3.80. The van der Waals surface area contributed by atoms with E-state index >= 15 is 0 Å². The van der Waals surface area contributed by atoms with E-state index in [1.807, 2.05) is 30.3 Å². The molecule has 1 saturated heterocycles. The first-order valence-electron chi connectivity index (χ1n) is 7.21. The molecule has 0 saturated carbocycles. The van der Waals surface area contributed by atoms with Crippen molar-refractivity contribution in [2.45, 2.75) is 19.3 Å². The quantitative estimate of drug-likeness (QED) is 0.634. The second kappa shape index (κ2) is 6.25. The molecule has 0 aliphatic carbocycles. The monoisotopic (exact) mass is 299 g/mol. The van der Waals surface area contributed by atoms with E-state index < -0.39 is 11.2 Å². The Balaban J connectivity index is 1.79. The molecule has 3 rings (SSSR count). The van der Waals surface area contributed by atoms with Crippen molar-refractivity contribution in [1.29, 1.82) is 0 Å². The first-order chi connectivity index (χ1) is 10.6. The third-order valence-corrected chi connectivity index (χ3v) is 3.80. The number of hydrogen-bond donors (Lipinski definition) is 0. The second-order valence-corrected chi connectivity index (χ2v) is 5.46. The summed E-state index contributed by atoms with van der Waals surface area (Å²) in [4.78, 5) is 10.3. The Morgan fingerprint density at radius 1 is 1.05 bits per heavy atom. The summed E-state index contributed by atoms with van der Waals surface area (Å²) in [5.74, 6) is 0.247. The van der Waals surface area contributed by atoms with Gasteiger partial charge in [0.1, 0.15) is 0 Å². The summed E-state index contributed by atoms with van der Waals surface area (Å²) in [5.41, 5.74) is 1.97. The van der Waals surface area contributed by atoms with E-state index in [2.05, 4.69) is 6.92 Å². The molecule has 2 aromatic carbocycles. The number of nitro benzene ring substituents is 1. The van der Waals surface area contributed by atoms with Crippen LogP contribution in [-0.2, 0) is 9.47 Å². The van der Waals surface area contributed by atoms with Gasteiger partial charge in [-0.15, -0.1) is 0 Å². The molecule has 0 amide bonds. The van der Waals surface area contributed by atoms with Crippen molar-refractivity contribution in [3.8, 4) is 0 Å². The van der Waals surface area contributed by atoms with Crippen molar-refractivity contribution in [2.24, 2.45) is 5.92 Å². The summed E-state index contributed by atoms with van der Waals surface area (Å²) >= 11 is 0. The van der Waals surface area contributed by atoms with Gasteiger partial charge in [0, 0.05) is 23.6 Å². The maximum atomic E-state index is 10.7. The molecule has 3 atom stereocenters. The van der Waals surface area contributed by atoms with Crippen molar-refractivity contribution in [3.05, 3.63) is 75.8 Å². The normalized spacial score (nSPS) is 24.9. The summed E-state index contributed by atoms with van der Waals surface area (Å²) in [6.07, 6.45) is -0.544. The minimum Gasteiger partial charge on any atom is -0.348 e. The van der Waals surface area contributed by atoms with Gasteiger partial charge >= 0.3 is 0 Å². The van der Waals surface area contributed by atoms with Crippen LogP contribution >= 0.6 is 0 Å². The molecule has 1 heterocycles. The molecule has 0 spiro atoms. The van der Waals surface area contributed by atoms with E-state index in [1.165, 1.54) is 12.1 Å². The minimum atomic E-state index is -0.498. The first-order valence-corrected chi connectivity index (χ1v) is 7.21. The number of hydrogen-bond acceptors (Lipinski definition) is 4. The Hall–Kier alpha value is -2.24. The van der Waals surface area contributed by atoms with E-state index in [9.17, 15) is 10.1 Å². The van der Waals surface area contributed by atoms with Crippen molar-refractivity contribution in [1.82, 2.24) is 0 Å². The van der Waals surface area contributed by atoms with Crippen molar-refractivity contribution in [3.63, 3.8) is 0 Å². The third kappa shape index (κ3) is 3.00. The number of nitrogens with zero attached hydrogens (tertiary/aromatic N) is 1. The predicted octanol–water partition coefficient (Wildman–Crippen LogP) is 4.02. The molecule has 5 heteroatoms. The minimum absolute atomic E-state index is 0.0462. The lowest BCUT2D eigenvalue weighted by Crippen LogP contribution is -2.28. The Morgan fingerprint density at radius 3 is 2.36 bits per heavy atom. The van der Waals surface area contributed by atoms with E-state index in [4.69, 9.17) is 9.47 Å². The highest BCUT2D eigenvalue weighted by atomic mass is 16.7. The van der Waals surface area contributed by atoms with Crippen LogP contribution < -0.4 is 0 Å². The fourth-order valence-electron chi connectivity index (χ4n) is 2.61. The van der Waals surface area contributed by atoms with Gasteiger partial charge in [0.25, 0.3) is 5.69 Å². The number of non-ortho nitro benzene ring substituents is 1. The molecule has 5 nitrogen and oxygen atoms in total. The zero-order valence-electron chi connectivity index (χ0n) is 12.2. The second-order valence-electron chi connectivity index (χ2n) is 5.46.